The summed E-state index contributed by atoms with van der Waals surface area (Å²) in [6.45, 7) is 3.89. The van der Waals surface area contributed by atoms with E-state index < -0.39 is 11.2 Å². The average Bonchev–Trinajstić information content (AvgIpc) is 3.41. The zero-order valence-electron chi connectivity index (χ0n) is 33.7. The molecule has 4 atom stereocenters. The van der Waals surface area contributed by atoms with Crippen LogP contribution in [0.2, 0.25) is 0 Å². The van der Waals surface area contributed by atoms with Crippen LogP contribution < -0.4 is 4.74 Å². The van der Waals surface area contributed by atoms with Crippen LogP contribution in [0, 0.1) is 18.8 Å². The molecule has 0 saturated heterocycles. The van der Waals surface area contributed by atoms with E-state index in [1.807, 2.05) is 48.5 Å². The van der Waals surface area contributed by atoms with E-state index in [1.165, 1.54) is 28.7 Å². The first-order chi connectivity index (χ1) is 26.0. The number of methoxy groups -OCH3 is 1. The fraction of sp³-hybridized carbons (Fsp3) is 0.429. The third-order valence-corrected chi connectivity index (χ3v) is 11.5. The number of hydrogen-bond acceptors (Lipinski definition) is 5. The van der Waals surface area contributed by atoms with Crippen LogP contribution in [-0.2, 0) is 12.0 Å². The zero-order chi connectivity index (χ0) is 38.6. The van der Waals surface area contributed by atoms with Crippen LogP contribution in [0.3, 0.4) is 0 Å². The zero-order valence-corrected chi connectivity index (χ0v) is 33.7. The summed E-state index contributed by atoms with van der Waals surface area (Å²) < 4.78 is 5.66. The highest BCUT2D eigenvalue weighted by Crippen LogP contribution is 2.48. The van der Waals surface area contributed by atoms with Crippen molar-refractivity contribution in [3.8, 4) is 5.75 Å². The fourth-order valence-corrected chi connectivity index (χ4v) is 8.73. The maximum absolute atomic E-state index is 12.3. The maximum Gasteiger partial charge on any atom is 0.125 e. The summed E-state index contributed by atoms with van der Waals surface area (Å²) in [7, 11) is 10.1. The molecule has 0 aliphatic heterocycles. The van der Waals surface area contributed by atoms with Gasteiger partial charge in [-0.05, 0) is 113 Å². The van der Waals surface area contributed by atoms with Gasteiger partial charge in [-0.1, -0.05) is 128 Å². The molecule has 288 valence electrons. The first-order valence-electron chi connectivity index (χ1n) is 20.0. The molecular formula is C49H64N2O3. The lowest BCUT2D eigenvalue weighted by molar-refractivity contribution is -0.00134. The Morgan fingerprint density at radius 1 is 0.630 bits per heavy atom. The number of hydrogen-bond donors (Lipinski definition) is 2. The van der Waals surface area contributed by atoms with E-state index in [4.69, 9.17) is 4.74 Å². The Balaban J connectivity index is 0.000000208. The predicted molar refractivity (Wildman–Crippen MR) is 227 cm³/mol. The molecule has 0 aromatic heterocycles. The van der Waals surface area contributed by atoms with Crippen molar-refractivity contribution in [3.05, 3.63) is 148 Å². The Hall–Kier alpha value is -4.00. The number of ether oxygens (including phenoxy) is 1. The Morgan fingerprint density at radius 3 is 1.72 bits per heavy atom. The van der Waals surface area contributed by atoms with Crippen LogP contribution in [0.25, 0.3) is 12.2 Å². The second-order valence-electron chi connectivity index (χ2n) is 16.1. The molecule has 54 heavy (non-hydrogen) atoms. The molecular weight excluding hydrogens is 665 g/mol. The third-order valence-electron chi connectivity index (χ3n) is 11.5. The van der Waals surface area contributed by atoms with Crippen molar-refractivity contribution in [3.63, 3.8) is 0 Å². The Morgan fingerprint density at radius 2 is 1.13 bits per heavy atom. The molecule has 0 amide bonds. The Labute approximate surface area is 326 Å². The quantitative estimate of drug-likeness (QED) is 0.159. The van der Waals surface area contributed by atoms with Gasteiger partial charge in [0.15, 0.2) is 0 Å². The van der Waals surface area contributed by atoms with Crippen molar-refractivity contribution in [1.82, 2.24) is 9.80 Å². The largest absolute Gasteiger partial charge is 0.496 e. The molecule has 4 unspecified atom stereocenters. The molecule has 5 nitrogen and oxygen atoms in total. The van der Waals surface area contributed by atoms with Gasteiger partial charge in [-0.15, -0.1) is 0 Å². The van der Waals surface area contributed by atoms with Gasteiger partial charge in [-0.2, -0.15) is 0 Å². The maximum atomic E-state index is 12.3. The molecule has 4 aromatic rings. The second-order valence-corrected chi connectivity index (χ2v) is 16.1. The van der Waals surface area contributed by atoms with Crippen molar-refractivity contribution in [2.24, 2.45) is 11.8 Å². The van der Waals surface area contributed by atoms with Gasteiger partial charge >= 0.3 is 0 Å². The summed E-state index contributed by atoms with van der Waals surface area (Å²) in [5.41, 5.74) is 6.15. The first kappa shape index (κ1) is 41.2. The SMILES string of the molecule is COc1ccccc1C1(O)C(=Cc2ccccc2)CCCCC1CN(C)C.Cc1ccccc1CC1(O)C(=Cc2ccccc2)CCCCC1CN(C)C. The molecule has 5 heteroatoms. The average molecular weight is 729 g/mol. The smallest absolute Gasteiger partial charge is 0.125 e. The van der Waals surface area contributed by atoms with Gasteiger partial charge in [0.2, 0.25) is 0 Å². The number of aryl methyl sites for hydroxylation is 1. The van der Waals surface area contributed by atoms with Crippen molar-refractivity contribution >= 4 is 12.2 Å². The summed E-state index contributed by atoms with van der Waals surface area (Å²) in [6.07, 6.45) is 13.6. The number of nitrogens with zero attached hydrogens (tertiary/aromatic N) is 2. The molecule has 4 aromatic carbocycles. The van der Waals surface area contributed by atoms with E-state index in [0.29, 0.717) is 6.42 Å². The minimum absolute atomic E-state index is 0.112. The fourth-order valence-electron chi connectivity index (χ4n) is 8.73. The lowest BCUT2D eigenvalue weighted by Gasteiger charge is -2.39. The van der Waals surface area contributed by atoms with Crippen LogP contribution in [0.5, 0.6) is 5.75 Å². The van der Waals surface area contributed by atoms with Gasteiger partial charge in [-0.25, -0.2) is 0 Å². The molecule has 6 rings (SSSR count). The molecule has 2 aliphatic carbocycles. The van der Waals surface area contributed by atoms with Gasteiger partial charge in [-0.3, -0.25) is 0 Å². The highest BCUT2D eigenvalue weighted by Gasteiger charge is 2.45. The van der Waals surface area contributed by atoms with Crippen LogP contribution in [0.1, 0.15) is 79.2 Å². The summed E-state index contributed by atoms with van der Waals surface area (Å²) in [4.78, 5) is 4.40. The molecule has 2 saturated carbocycles. The topological polar surface area (TPSA) is 56.2 Å². The summed E-state index contributed by atoms with van der Waals surface area (Å²) >= 11 is 0. The Kier molecular flexibility index (Phi) is 14.9. The normalized spacial score (nSPS) is 24.9. The van der Waals surface area contributed by atoms with Crippen LogP contribution in [0.15, 0.2) is 120 Å². The number of para-hydroxylation sites is 1. The third kappa shape index (κ3) is 10.4. The van der Waals surface area contributed by atoms with Crippen LogP contribution in [0.4, 0.5) is 0 Å². The van der Waals surface area contributed by atoms with Crippen molar-refractivity contribution < 1.29 is 14.9 Å². The Bertz CT molecular complexity index is 1800. The van der Waals surface area contributed by atoms with E-state index in [-0.39, 0.29) is 11.8 Å². The van der Waals surface area contributed by atoms with Gasteiger partial charge in [0.05, 0.1) is 12.7 Å². The molecule has 0 radical (unpaired) electrons. The standard InChI is InChI=1S/C25H33NO.C24H31NO2/c1-20-11-7-8-14-22(20)18-25(27)23(17-21-12-5-4-6-13-21)15-9-10-16-24(25)19-26(2)3;1-25(2)18-21-14-8-7-13-20(17-19-11-5-4-6-12-19)24(21,26)22-15-9-10-16-23(22)27-3/h4-8,11-14,17,24,27H,9-10,15-16,18-19H2,1-3H3;4-6,9-12,15-17,21,26H,7-8,13-14,18H2,1-3H3. The van der Waals surface area contributed by atoms with E-state index in [2.05, 4.69) is 118 Å². The summed E-state index contributed by atoms with van der Waals surface area (Å²) in [5, 5.41) is 24.5. The van der Waals surface area contributed by atoms with Crippen molar-refractivity contribution in [2.75, 3.05) is 48.4 Å². The molecule has 2 aliphatic rings. The molecule has 2 N–H and O–H groups in total. The lowest BCUT2D eigenvalue weighted by atomic mass is 9.73. The van der Waals surface area contributed by atoms with E-state index >= 15 is 0 Å². The van der Waals surface area contributed by atoms with Crippen LogP contribution in [-0.4, -0.2) is 74.0 Å². The first-order valence-corrected chi connectivity index (χ1v) is 20.0. The molecule has 0 bridgehead atoms. The van der Waals surface area contributed by atoms with Crippen molar-refractivity contribution in [1.29, 1.82) is 0 Å². The lowest BCUT2D eigenvalue weighted by Crippen LogP contribution is -2.45. The monoisotopic (exact) mass is 728 g/mol. The molecule has 0 spiro atoms. The van der Waals surface area contributed by atoms with Crippen LogP contribution >= 0.6 is 0 Å². The molecule has 0 heterocycles. The number of rotatable bonds is 10. The van der Waals surface area contributed by atoms with E-state index in [0.717, 1.165) is 80.5 Å². The number of benzene rings is 4. The highest BCUT2D eigenvalue weighted by atomic mass is 16.5. The van der Waals surface area contributed by atoms with Crippen molar-refractivity contribution in [2.45, 2.75) is 75.9 Å². The van der Waals surface area contributed by atoms with Gasteiger partial charge in [0, 0.05) is 36.9 Å². The minimum Gasteiger partial charge on any atom is -0.496 e. The summed E-state index contributed by atoms with van der Waals surface area (Å²) in [6, 6.07) is 37.2. The number of aliphatic hydroxyl groups is 2. The van der Waals surface area contributed by atoms with Gasteiger partial charge in [0.1, 0.15) is 11.4 Å². The minimum atomic E-state index is -1.04. The molecule has 2 fully saturated rings. The van der Waals surface area contributed by atoms with Gasteiger partial charge < -0.3 is 24.7 Å². The van der Waals surface area contributed by atoms with E-state index in [9.17, 15) is 10.2 Å². The second kappa shape index (κ2) is 19.5. The van der Waals surface area contributed by atoms with Gasteiger partial charge in [0.25, 0.3) is 0 Å². The highest BCUT2D eigenvalue weighted by molar-refractivity contribution is 5.59. The summed E-state index contributed by atoms with van der Waals surface area (Å²) in [5.74, 6) is 1.11. The predicted octanol–water partition coefficient (Wildman–Crippen LogP) is 9.82. The van der Waals surface area contributed by atoms with E-state index in [1.54, 1.807) is 7.11 Å².